The molecule has 5 nitrogen and oxygen atoms in total. The van der Waals surface area contributed by atoms with Crippen LogP contribution < -0.4 is 5.43 Å². The van der Waals surface area contributed by atoms with Gasteiger partial charge < -0.3 is 0 Å². The van der Waals surface area contributed by atoms with Crippen molar-refractivity contribution in [2.24, 2.45) is 5.10 Å². The van der Waals surface area contributed by atoms with Gasteiger partial charge in [0.2, 0.25) is 0 Å². The molecule has 2 heterocycles. The van der Waals surface area contributed by atoms with Gasteiger partial charge in [0, 0.05) is 12.4 Å². The average Bonchev–Trinajstić information content (AvgIpc) is 2.39. The Morgan fingerprint density at radius 3 is 2.63 bits per heavy atom. The van der Waals surface area contributed by atoms with Gasteiger partial charge in [0.25, 0.3) is 0 Å². The molecule has 1 N–H and O–H groups in total. The number of pyridine rings is 1. The van der Waals surface area contributed by atoms with E-state index in [9.17, 15) is 13.2 Å². The molecule has 8 heteroatoms. The highest BCUT2D eigenvalue weighted by Gasteiger charge is 2.30. The molecule has 0 unspecified atom stereocenters. The zero-order chi connectivity index (χ0) is 13.7. The third-order valence-corrected chi connectivity index (χ3v) is 2.06. The molecule has 0 saturated carbocycles. The largest absolute Gasteiger partial charge is 0.417 e. The number of nitrogens with one attached hydrogen (secondary N) is 1. The van der Waals surface area contributed by atoms with E-state index in [1.54, 1.807) is 12.1 Å². The molecule has 0 aromatic carbocycles. The van der Waals surface area contributed by atoms with Crippen LogP contribution in [0.25, 0.3) is 0 Å². The van der Waals surface area contributed by atoms with Gasteiger partial charge in [-0.2, -0.15) is 23.4 Å². The monoisotopic (exact) mass is 267 g/mol. The predicted octanol–water partition coefficient (Wildman–Crippen LogP) is 2.34. The van der Waals surface area contributed by atoms with Crippen molar-refractivity contribution in [1.29, 1.82) is 0 Å². The van der Waals surface area contributed by atoms with Crippen molar-refractivity contribution in [1.82, 2.24) is 15.2 Å². The molecular weight excluding hydrogens is 259 g/mol. The summed E-state index contributed by atoms with van der Waals surface area (Å²) in [5.41, 5.74) is 2.20. The second kappa shape index (κ2) is 5.42. The van der Waals surface area contributed by atoms with Gasteiger partial charge in [-0.25, -0.2) is 4.98 Å². The Morgan fingerprint density at radius 2 is 2.05 bits per heavy atom. The summed E-state index contributed by atoms with van der Waals surface area (Å²) >= 11 is 0. The number of anilines is 1. The van der Waals surface area contributed by atoms with Gasteiger partial charge in [-0.15, -0.1) is 5.10 Å². The van der Waals surface area contributed by atoms with Crippen LogP contribution in [0.5, 0.6) is 0 Å². The summed E-state index contributed by atoms with van der Waals surface area (Å²) in [5.74, 6) is 0.202. The average molecular weight is 267 g/mol. The lowest BCUT2D eigenvalue weighted by molar-refractivity contribution is -0.137. The SMILES string of the molecule is FC(F)(F)c1ccc(NN=Cc2cccnn2)nc1. The van der Waals surface area contributed by atoms with E-state index in [4.69, 9.17) is 0 Å². The maximum atomic E-state index is 12.3. The molecule has 0 atom stereocenters. The predicted molar refractivity (Wildman–Crippen MR) is 62.5 cm³/mol. The first-order valence-electron chi connectivity index (χ1n) is 5.16. The van der Waals surface area contributed by atoms with Crippen molar-refractivity contribution in [3.8, 4) is 0 Å². The van der Waals surface area contributed by atoms with Crippen LogP contribution in [0.2, 0.25) is 0 Å². The van der Waals surface area contributed by atoms with E-state index in [-0.39, 0.29) is 5.82 Å². The molecule has 0 amide bonds. The smallest absolute Gasteiger partial charge is 0.261 e. The van der Waals surface area contributed by atoms with Gasteiger partial charge in [0.15, 0.2) is 0 Å². The number of halogens is 3. The van der Waals surface area contributed by atoms with E-state index in [2.05, 4.69) is 25.7 Å². The highest BCUT2D eigenvalue weighted by atomic mass is 19.4. The van der Waals surface area contributed by atoms with Crippen LogP contribution in [0.1, 0.15) is 11.3 Å². The highest BCUT2D eigenvalue weighted by molar-refractivity contribution is 5.77. The Morgan fingerprint density at radius 1 is 1.21 bits per heavy atom. The van der Waals surface area contributed by atoms with Gasteiger partial charge in [-0.05, 0) is 24.3 Å². The van der Waals surface area contributed by atoms with E-state index in [0.29, 0.717) is 5.69 Å². The quantitative estimate of drug-likeness (QED) is 0.684. The molecule has 2 rings (SSSR count). The van der Waals surface area contributed by atoms with Crippen LogP contribution >= 0.6 is 0 Å². The number of nitrogens with zero attached hydrogens (tertiary/aromatic N) is 4. The minimum absolute atomic E-state index is 0.202. The van der Waals surface area contributed by atoms with E-state index < -0.39 is 11.7 Å². The molecule has 98 valence electrons. The van der Waals surface area contributed by atoms with Crippen molar-refractivity contribution in [2.45, 2.75) is 6.18 Å². The molecule has 0 saturated heterocycles. The molecule has 0 aliphatic heterocycles. The number of hydrazone groups is 1. The Balaban J connectivity index is 1.99. The zero-order valence-corrected chi connectivity index (χ0v) is 9.46. The first-order valence-corrected chi connectivity index (χ1v) is 5.16. The topological polar surface area (TPSA) is 63.1 Å². The van der Waals surface area contributed by atoms with E-state index in [1.807, 2.05) is 0 Å². The minimum Gasteiger partial charge on any atom is -0.261 e. The van der Waals surface area contributed by atoms with Gasteiger partial charge in [0.05, 0.1) is 11.8 Å². The molecule has 0 bridgehead atoms. The summed E-state index contributed by atoms with van der Waals surface area (Å²) in [6.07, 6.45) is -0.761. The first-order chi connectivity index (χ1) is 9.05. The van der Waals surface area contributed by atoms with Crippen LogP contribution in [0.3, 0.4) is 0 Å². The molecule has 19 heavy (non-hydrogen) atoms. The third-order valence-electron chi connectivity index (χ3n) is 2.06. The fraction of sp³-hybridized carbons (Fsp3) is 0.0909. The number of hydrogen-bond acceptors (Lipinski definition) is 5. The third kappa shape index (κ3) is 3.73. The van der Waals surface area contributed by atoms with Crippen LogP contribution in [0.15, 0.2) is 41.8 Å². The summed E-state index contributed by atoms with van der Waals surface area (Å²) in [6, 6.07) is 5.48. The minimum atomic E-state index is -4.39. The molecule has 0 aliphatic carbocycles. The Labute approximate surface area is 106 Å². The Kier molecular flexibility index (Phi) is 3.69. The van der Waals surface area contributed by atoms with E-state index >= 15 is 0 Å². The lowest BCUT2D eigenvalue weighted by Crippen LogP contribution is -2.05. The molecule has 2 aromatic rings. The van der Waals surface area contributed by atoms with Crippen molar-refractivity contribution in [3.05, 3.63) is 47.9 Å². The number of hydrogen-bond donors (Lipinski definition) is 1. The van der Waals surface area contributed by atoms with Crippen LogP contribution in [-0.4, -0.2) is 21.4 Å². The fourth-order valence-corrected chi connectivity index (χ4v) is 1.17. The maximum absolute atomic E-state index is 12.3. The molecule has 0 aliphatic rings. The number of aromatic nitrogens is 3. The van der Waals surface area contributed by atoms with Crippen LogP contribution in [0.4, 0.5) is 19.0 Å². The van der Waals surface area contributed by atoms with Gasteiger partial charge >= 0.3 is 6.18 Å². The second-order valence-corrected chi connectivity index (χ2v) is 3.45. The van der Waals surface area contributed by atoms with Gasteiger partial charge in [0.1, 0.15) is 11.5 Å². The van der Waals surface area contributed by atoms with Gasteiger partial charge in [-0.3, -0.25) is 5.43 Å². The Bertz CT molecular complexity index is 551. The van der Waals surface area contributed by atoms with Crippen molar-refractivity contribution in [2.75, 3.05) is 5.43 Å². The highest BCUT2D eigenvalue weighted by Crippen LogP contribution is 2.28. The van der Waals surface area contributed by atoms with E-state index in [0.717, 1.165) is 12.3 Å². The lowest BCUT2D eigenvalue weighted by atomic mass is 10.3. The summed E-state index contributed by atoms with van der Waals surface area (Å²) in [7, 11) is 0. The molecule has 0 radical (unpaired) electrons. The first kappa shape index (κ1) is 12.9. The summed E-state index contributed by atoms with van der Waals surface area (Å²) in [4.78, 5) is 3.60. The number of rotatable bonds is 3. The molecule has 0 spiro atoms. The van der Waals surface area contributed by atoms with Crippen LogP contribution in [-0.2, 0) is 6.18 Å². The second-order valence-electron chi connectivity index (χ2n) is 3.45. The molecular formula is C11H8F3N5. The van der Waals surface area contributed by atoms with Crippen LogP contribution in [0, 0.1) is 0 Å². The summed E-state index contributed by atoms with van der Waals surface area (Å²) in [6.45, 7) is 0. The summed E-state index contributed by atoms with van der Waals surface area (Å²) < 4.78 is 36.9. The van der Waals surface area contributed by atoms with E-state index in [1.165, 1.54) is 18.5 Å². The standard InChI is InChI=1S/C11H8F3N5/c12-11(13,14)8-3-4-10(15-6-8)19-17-7-9-2-1-5-16-18-9/h1-7H,(H,15,19). The Hall–Kier alpha value is -2.51. The van der Waals surface area contributed by atoms with Crippen molar-refractivity contribution in [3.63, 3.8) is 0 Å². The van der Waals surface area contributed by atoms with Gasteiger partial charge in [-0.1, -0.05) is 0 Å². The number of alkyl halides is 3. The molecule has 2 aromatic heterocycles. The lowest BCUT2D eigenvalue weighted by Gasteiger charge is -2.06. The van der Waals surface area contributed by atoms with Crippen molar-refractivity contribution >= 4 is 12.0 Å². The molecule has 0 fully saturated rings. The zero-order valence-electron chi connectivity index (χ0n) is 9.46. The normalized spacial score (nSPS) is 11.7. The fourth-order valence-electron chi connectivity index (χ4n) is 1.17. The van der Waals surface area contributed by atoms with Crippen molar-refractivity contribution < 1.29 is 13.2 Å². The summed E-state index contributed by atoms with van der Waals surface area (Å²) in [5, 5.41) is 11.2. The maximum Gasteiger partial charge on any atom is 0.417 e.